The summed E-state index contributed by atoms with van der Waals surface area (Å²) in [4.78, 5) is 1.21. The van der Waals surface area contributed by atoms with E-state index in [1.54, 1.807) is 11.3 Å². The SMILES string of the molecule is CCCNC(c1cc(Br)sc1C)c1cccc(C)c1F. The average molecular weight is 356 g/mol. The van der Waals surface area contributed by atoms with Gasteiger partial charge < -0.3 is 5.32 Å². The Kier molecular flexibility index (Phi) is 5.35. The molecular formula is C16H19BrFNS. The molecular weight excluding hydrogens is 337 g/mol. The zero-order valence-corrected chi connectivity index (χ0v) is 14.4. The van der Waals surface area contributed by atoms with Crippen LogP contribution < -0.4 is 5.32 Å². The van der Waals surface area contributed by atoms with Crippen molar-refractivity contribution < 1.29 is 4.39 Å². The lowest BCUT2D eigenvalue weighted by molar-refractivity contribution is 0.542. The molecule has 2 aromatic rings. The summed E-state index contributed by atoms with van der Waals surface area (Å²) in [5.74, 6) is -0.108. The summed E-state index contributed by atoms with van der Waals surface area (Å²) in [6, 6.07) is 7.62. The van der Waals surface area contributed by atoms with Crippen molar-refractivity contribution in [2.24, 2.45) is 0 Å². The van der Waals surface area contributed by atoms with Gasteiger partial charge in [0.25, 0.3) is 0 Å². The number of nitrogens with one attached hydrogen (secondary N) is 1. The van der Waals surface area contributed by atoms with Gasteiger partial charge in [-0.2, -0.15) is 0 Å². The molecule has 20 heavy (non-hydrogen) atoms. The van der Waals surface area contributed by atoms with Crippen molar-refractivity contribution in [3.63, 3.8) is 0 Å². The Morgan fingerprint density at radius 1 is 1.30 bits per heavy atom. The van der Waals surface area contributed by atoms with Crippen LogP contribution in [0.3, 0.4) is 0 Å². The number of halogens is 2. The minimum Gasteiger partial charge on any atom is -0.306 e. The molecule has 0 bridgehead atoms. The molecule has 1 aromatic heterocycles. The summed E-state index contributed by atoms with van der Waals surface area (Å²) >= 11 is 5.21. The van der Waals surface area contributed by atoms with Crippen molar-refractivity contribution in [2.45, 2.75) is 33.2 Å². The fourth-order valence-corrected chi connectivity index (χ4v) is 4.06. The summed E-state index contributed by atoms with van der Waals surface area (Å²) < 4.78 is 15.5. The largest absolute Gasteiger partial charge is 0.306 e. The van der Waals surface area contributed by atoms with Crippen molar-refractivity contribution in [3.8, 4) is 0 Å². The van der Waals surface area contributed by atoms with E-state index in [4.69, 9.17) is 0 Å². The molecule has 0 radical (unpaired) electrons. The molecule has 1 unspecified atom stereocenters. The molecule has 0 saturated heterocycles. The van der Waals surface area contributed by atoms with E-state index in [1.165, 1.54) is 4.88 Å². The minimum absolute atomic E-state index is 0.0857. The molecule has 1 aromatic carbocycles. The van der Waals surface area contributed by atoms with Gasteiger partial charge in [0.2, 0.25) is 0 Å². The van der Waals surface area contributed by atoms with Crippen LogP contribution >= 0.6 is 27.3 Å². The summed E-state index contributed by atoms with van der Waals surface area (Å²) in [7, 11) is 0. The molecule has 0 amide bonds. The predicted octanol–water partition coefficient (Wildman–Crippen LogP) is 5.36. The zero-order chi connectivity index (χ0) is 14.7. The summed E-state index contributed by atoms with van der Waals surface area (Å²) in [6.07, 6.45) is 1.02. The van der Waals surface area contributed by atoms with Crippen molar-refractivity contribution in [1.29, 1.82) is 0 Å². The number of benzene rings is 1. The number of thiophene rings is 1. The lowest BCUT2D eigenvalue weighted by Crippen LogP contribution is -2.24. The number of rotatable bonds is 5. The Morgan fingerprint density at radius 2 is 2.05 bits per heavy atom. The first-order valence-corrected chi connectivity index (χ1v) is 8.39. The standard InChI is InChI=1S/C16H19BrFNS/c1-4-8-19-16(13-9-14(17)20-11(13)3)12-7-5-6-10(2)15(12)18/h5-7,9,16,19H,4,8H2,1-3H3. The molecule has 1 heterocycles. The third-order valence-corrected chi connectivity index (χ3v) is 4.94. The highest BCUT2D eigenvalue weighted by Gasteiger charge is 2.21. The van der Waals surface area contributed by atoms with E-state index >= 15 is 0 Å². The molecule has 108 valence electrons. The molecule has 0 spiro atoms. The Labute approximate surface area is 132 Å². The fourth-order valence-electron chi connectivity index (χ4n) is 2.31. The van der Waals surface area contributed by atoms with E-state index in [2.05, 4.69) is 41.2 Å². The van der Waals surface area contributed by atoms with E-state index in [-0.39, 0.29) is 11.9 Å². The van der Waals surface area contributed by atoms with Crippen molar-refractivity contribution in [1.82, 2.24) is 5.32 Å². The van der Waals surface area contributed by atoms with Gasteiger partial charge in [0.1, 0.15) is 5.82 Å². The van der Waals surface area contributed by atoms with Gasteiger partial charge in [-0.05, 0) is 59.9 Å². The molecule has 2 rings (SSSR count). The van der Waals surface area contributed by atoms with Crippen LogP contribution in [-0.4, -0.2) is 6.54 Å². The third kappa shape index (κ3) is 3.30. The van der Waals surface area contributed by atoms with Crippen LogP contribution in [0.2, 0.25) is 0 Å². The summed E-state index contributed by atoms with van der Waals surface area (Å²) in [5.41, 5.74) is 2.57. The van der Waals surface area contributed by atoms with E-state index in [1.807, 2.05) is 25.1 Å². The number of hydrogen-bond donors (Lipinski definition) is 1. The molecule has 0 aliphatic carbocycles. The Morgan fingerprint density at radius 3 is 2.65 bits per heavy atom. The van der Waals surface area contributed by atoms with Gasteiger partial charge in [-0.1, -0.05) is 25.1 Å². The van der Waals surface area contributed by atoms with Crippen molar-refractivity contribution in [2.75, 3.05) is 6.54 Å². The molecule has 4 heteroatoms. The van der Waals surface area contributed by atoms with E-state index in [0.29, 0.717) is 5.56 Å². The number of hydrogen-bond acceptors (Lipinski definition) is 2. The molecule has 1 nitrogen and oxygen atoms in total. The predicted molar refractivity (Wildman–Crippen MR) is 88.0 cm³/mol. The fraction of sp³-hybridized carbons (Fsp3) is 0.375. The van der Waals surface area contributed by atoms with Crippen LogP contribution in [0, 0.1) is 19.7 Å². The lowest BCUT2D eigenvalue weighted by Gasteiger charge is -2.20. The third-order valence-electron chi connectivity index (χ3n) is 3.37. The van der Waals surface area contributed by atoms with E-state index in [9.17, 15) is 4.39 Å². The Bertz CT molecular complexity index is 594. The molecule has 1 atom stereocenters. The topological polar surface area (TPSA) is 12.0 Å². The highest BCUT2D eigenvalue weighted by Crippen LogP contribution is 2.35. The normalized spacial score (nSPS) is 12.7. The first kappa shape index (κ1) is 15.7. The second-order valence-corrected chi connectivity index (χ2v) is 7.56. The Balaban J connectivity index is 2.47. The maximum Gasteiger partial charge on any atom is 0.131 e. The highest BCUT2D eigenvalue weighted by molar-refractivity contribution is 9.11. The van der Waals surface area contributed by atoms with Crippen LogP contribution in [-0.2, 0) is 0 Å². The molecule has 0 aliphatic heterocycles. The van der Waals surface area contributed by atoms with Crippen LogP contribution in [0.25, 0.3) is 0 Å². The van der Waals surface area contributed by atoms with Crippen molar-refractivity contribution >= 4 is 27.3 Å². The molecule has 0 aliphatic rings. The molecule has 1 N–H and O–H groups in total. The van der Waals surface area contributed by atoms with E-state index < -0.39 is 0 Å². The minimum atomic E-state index is -0.108. The van der Waals surface area contributed by atoms with Crippen LogP contribution in [0.5, 0.6) is 0 Å². The Hall–Kier alpha value is -0.710. The quantitative estimate of drug-likeness (QED) is 0.761. The first-order valence-electron chi connectivity index (χ1n) is 6.78. The second-order valence-electron chi connectivity index (χ2n) is 4.93. The van der Waals surface area contributed by atoms with E-state index in [0.717, 1.165) is 27.9 Å². The van der Waals surface area contributed by atoms with Gasteiger partial charge in [-0.3, -0.25) is 0 Å². The van der Waals surface area contributed by atoms with Gasteiger partial charge in [0.05, 0.1) is 9.83 Å². The van der Waals surface area contributed by atoms with Gasteiger partial charge in [-0.15, -0.1) is 11.3 Å². The van der Waals surface area contributed by atoms with Gasteiger partial charge in [0, 0.05) is 10.4 Å². The maximum atomic E-state index is 14.5. The lowest BCUT2D eigenvalue weighted by atomic mass is 9.97. The molecule has 0 saturated carbocycles. The van der Waals surface area contributed by atoms with Gasteiger partial charge in [0.15, 0.2) is 0 Å². The van der Waals surface area contributed by atoms with Crippen LogP contribution in [0.15, 0.2) is 28.1 Å². The number of aryl methyl sites for hydroxylation is 2. The smallest absolute Gasteiger partial charge is 0.131 e. The van der Waals surface area contributed by atoms with Gasteiger partial charge >= 0.3 is 0 Å². The monoisotopic (exact) mass is 355 g/mol. The van der Waals surface area contributed by atoms with Gasteiger partial charge in [-0.25, -0.2) is 4.39 Å². The average Bonchev–Trinajstić information content (AvgIpc) is 2.74. The zero-order valence-electron chi connectivity index (χ0n) is 12.0. The van der Waals surface area contributed by atoms with Crippen LogP contribution in [0.4, 0.5) is 4.39 Å². The second kappa shape index (κ2) is 6.83. The summed E-state index contributed by atoms with van der Waals surface area (Å²) in [5, 5.41) is 3.47. The highest BCUT2D eigenvalue weighted by atomic mass is 79.9. The maximum absolute atomic E-state index is 14.5. The first-order chi connectivity index (χ1) is 9.54. The molecule has 0 fully saturated rings. The van der Waals surface area contributed by atoms with Crippen molar-refractivity contribution in [3.05, 3.63) is 55.4 Å². The summed E-state index contributed by atoms with van der Waals surface area (Å²) in [6.45, 7) is 6.88. The van der Waals surface area contributed by atoms with Crippen LogP contribution in [0.1, 0.15) is 41.0 Å².